The van der Waals surface area contributed by atoms with Crippen LogP contribution in [0.25, 0.3) is 0 Å². The summed E-state index contributed by atoms with van der Waals surface area (Å²) in [5.41, 5.74) is -1.71. The molecule has 0 aromatic rings. The summed E-state index contributed by atoms with van der Waals surface area (Å²) >= 11 is 0. The van der Waals surface area contributed by atoms with Gasteiger partial charge in [0.1, 0.15) is 18.9 Å². The first-order valence-corrected chi connectivity index (χ1v) is 4.65. The molecular weight excluding hydrogens is 198 g/mol. The van der Waals surface area contributed by atoms with Gasteiger partial charge in [0.2, 0.25) is 11.4 Å². The lowest BCUT2D eigenvalue weighted by molar-refractivity contribution is -0.586. The van der Waals surface area contributed by atoms with Crippen molar-refractivity contribution in [2.75, 3.05) is 7.11 Å². The molecule has 0 unspecified atom stereocenters. The van der Waals surface area contributed by atoms with Crippen molar-refractivity contribution >= 4 is 11.9 Å². The highest BCUT2D eigenvalue weighted by Crippen LogP contribution is 2.31. The molecule has 1 rings (SSSR count). The molecule has 6 nitrogen and oxygen atoms in total. The molecule has 0 atom stereocenters. The van der Waals surface area contributed by atoms with E-state index in [0.717, 1.165) is 5.06 Å². The summed E-state index contributed by atoms with van der Waals surface area (Å²) in [5, 5.41) is 28.0. The molecule has 0 bridgehead atoms. The standard InChI is InChI=1S/C9H16N3O3/c1-8(2)7(6-10-15-5)11(13)9(3,4)12(8)14/h6H,1-5H3/b10-6+. The van der Waals surface area contributed by atoms with Crippen LogP contribution in [0.4, 0.5) is 0 Å². The van der Waals surface area contributed by atoms with Crippen LogP contribution in [0.15, 0.2) is 5.16 Å². The number of oxime groups is 1. The fraction of sp³-hybridized carbons (Fsp3) is 0.778. The van der Waals surface area contributed by atoms with E-state index in [1.807, 2.05) is 0 Å². The van der Waals surface area contributed by atoms with Crippen LogP contribution in [0.3, 0.4) is 0 Å². The molecule has 0 spiro atoms. The fourth-order valence-electron chi connectivity index (χ4n) is 1.73. The van der Waals surface area contributed by atoms with E-state index in [1.165, 1.54) is 13.3 Å². The molecule has 0 aromatic carbocycles. The molecule has 85 valence electrons. The molecule has 0 fully saturated rings. The normalized spacial score (nSPS) is 25.2. The highest BCUT2D eigenvalue weighted by molar-refractivity contribution is 6.32. The predicted octanol–water partition coefficient (Wildman–Crippen LogP) is 0.746. The molecular formula is C9H16N3O3. The van der Waals surface area contributed by atoms with E-state index < -0.39 is 11.2 Å². The van der Waals surface area contributed by atoms with E-state index in [1.54, 1.807) is 27.7 Å². The summed E-state index contributed by atoms with van der Waals surface area (Å²) in [6, 6.07) is 0. The van der Waals surface area contributed by atoms with Gasteiger partial charge in [-0.25, -0.2) is 0 Å². The first-order valence-electron chi connectivity index (χ1n) is 4.65. The Morgan fingerprint density at radius 1 is 1.47 bits per heavy atom. The second-order valence-corrected chi connectivity index (χ2v) is 4.44. The maximum Gasteiger partial charge on any atom is 0.248 e. The first-order chi connectivity index (χ1) is 6.76. The van der Waals surface area contributed by atoms with Gasteiger partial charge in [-0.15, -0.1) is 5.21 Å². The van der Waals surface area contributed by atoms with Crippen LogP contribution >= 0.6 is 0 Å². The maximum atomic E-state index is 11.9. The molecule has 6 heteroatoms. The smallest absolute Gasteiger partial charge is 0.248 e. The number of hydrogen-bond acceptors (Lipinski definition) is 4. The fourth-order valence-corrected chi connectivity index (χ4v) is 1.73. The summed E-state index contributed by atoms with van der Waals surface area (Å²) in [4.78, 5) is 4.51. The van der Waals surface area contributed by atoms with Crippen molar-refractivity contribution in [2.45, 2.75) is 38.9 Å². The van der Waals surface area contributed by atoms with Crippen LogP contribution in [0.1, 0.15) is 27.7 Å². The summed E-state index contributed by atoms with van der Waals surface area (Å²) in [6.07, 6.45) is 1.28. The van der Waals surface area contributed by atoms with Crippen LogP contribution in [0.5, 0.6) is 0 Å². The zero-order valence-corrected chi connectivity index (χ0v) is 9.64. The van der Waals surface area contributed by atoms with Gasteiger partial charge in [-0.05, 0) is 13.8 Å². The van der Waals surface area contributed by atoms with Crippen LogP contribution in [0.2, 0.25) is 0 Å². The molecule has 0 aromatic heterocycles. The molecule has 1 heterocycles. The summed E-state index contributed by atoms with van der Waals surface area (Å²) in [7, 11) is 1.38. The molecule has 1 radical (unpaired) electrons. The van der Waals surface area contributed by atoms with Crippen LogP contribution in [0, 0.1) is 5.21 Å². The van der Waals surface area contributed by atoms with Gasteiger partial charge >= 0.3 is 0 Å². The SMILES string of the molecule is CO/N=C/C1=[N+]([O-])C(C)(C)N([O])C1(C)C. The van der Waals surface area contributed by atoms with Crippen LogP contribution < -0.4 is 0 Å². The van der Waals surface area contributed by atoms with Gasteiger partial charge in [0.05, 0.1) is 0 Å². The number of hydroxylamine groups is 3. The van der Waals surface area contributed by atoms with Crippen molar-refractivity contribution in [3.8, 4) is 0 Å². The van der Waals surface area contributed by atoms with Gasteiger partial charge in [0.15, 0.2) is 0 Å². The Morgan fingerprint density at radius 3 is 2.33 bits per heavy atom. The summed E-state index contributed by atoms with van der Waals surface area (Å²) in [5.74, 6) is 0. The maximum absolute atomic E-state index is 11.9. The van der Waals surface area contributed by atoms with Crippen molar-refractivity contribution in [3.63, 3.8) is 0 Å². The van der Waals surface area contributed by atoms with E-state index in [-0.39, 0.29) is 0 Å². The lowest BCUT2D eigenvalue weighted by Crippen LogP contribution is -2.50. The Hall–Kier alpha value is -1.14. The van der Waals surface area contributed by atoms with Crippen molar-refractivity contribution < 1.29 is 14.8 Å². The predicted molar refractivity (Wildman–Crippen MR) is 54.8 cm³/mol. The molecule has 1 aliphatic rings. The Kier molecular flexibility index (Phi) is 2.75. The summed E-state index contributed by atoms with van der Waals surface area (Å²) < 4.78 is 0.669. The third-order valence-corrected chi connectivity index (χ3v) is 2.63. The minimum atomic E-state index is -1.11. The van der Waals surface area contributed by atoms with Gasteiger partial charge < -0.3 is 10.0 Å². The second-order valence-electron chi connectivity index (χ2n) is 4.44. The van der Waals surface area contributed by atoms with E-state index in [4.69, 9.17) is 0 Å². The van der Waals surface area contributed by atoms with Crippen molar-refractivity contribution in [1.29, 1.82) is 0 Å². The Bertz CT molecular complexity index is 321. The molecule has 0 saturated heterocycles. The van der Waals surface area contributed by atoms with Gasteiger partial charge in [0, 0.05) is 13.8 Å². The quantitative estimate of drug-likeness (QED) is 0.294. The third-order valence-electron chi connectivity index (χ3n) is 2.63. The minimum Gasteiger partial charge on any atom is -0.622 e. The largest absolute Gasteiger partial charge is 0.622 e. The Labute approximate surface area is 89.0 Å². The van der Waals surface area contributed by atoms with E-state index in [2.05, 4.69) is 9.99 Å². The number of hydrogen-bond donors (Lipinski definition) is 0. The number of rotatable bonds is 2. The Morgan fingerprint density at radius 2 is 2.00 bits per heavy atom. The highest BCUT2D eigenvalue weighted by atomic mass is 16.6. The van der Waals surface area contributed by atoms with Gasteiger partial charge in [-0.3, -0.25) is 0 Å². The summed E-state index contributed by atoms with van der Waals surface area (Å²) in [6.45, 7) is 6.50. The van der Waals surface area contributed by atoms with E-state index >= 15 is 0 Å². The van der Waals surface area contributed by atoms with Crippen LogP contribution in [-0.2, 0) is 10.0 Å². The number of nitrogens with zero attached hydrogens (tertiary/aromatic N) is 3. The van der Waals surface area contributed by atoms with Gasteiger partial charge in [-0.1, -0.05) is 10.2 Å². The highest BCUT2D eigenvalue weighted by Gasteiger charge is 2.57. The third kappa shape index (κ3) is 1.59. The molecule has 1 aliphatic heterocycles. The molecule has 0 saturated carbocycles. The molecule has 0 N–H and O–H groups in total. The average molecular weight is 214 g/mol. The van der Waals surface area contributed by atoms with Gasteiger partial charge in [0.25, 0.3) is 0 Å². The topological polar surface area (TPSA) is 70.8 Å². The van der Waals surface area contributed by atoms with Crippen molar-refractivity contribution in [3.05, 3.63) is 5.21 Å². The monoisotopic (exact) mass is 214 g/mol. The average Bonchev–Trinajstić information content (AvgIpc) is 2.25. The Balaban J connectivity index is 3.21. The zero-order valence-electron chi connectivity index (χ0n) is 9.64. The van der Waals surface area contributed by atoms with E-state index in [9.17, 15) is 10.4 Å². The molecule has 0 aliphatic carbocycles. The lowest BCUT2D eigenvalue weighted by Gasteiger charge is -2.27. The van der Waals surface area contributed by atoms with Crippen molar-refractivity contribution in [2.24, 2.45) is 5.16 Å². The molecule has 15 heavy (non-hydrogen) atoms. The minimum absolute atomic E-state index is 0.296. The van der Waals surface area contributed by atoms with Crippen molar-refractivity contribution in [1.82, 2.24) is 5.06 Å². The first kappa shape index (κ1) is 11.9. The van der Waals surface area contributed by atoms with E-state index in [0.29, 0.717) is 10.5 Å². The zero-order chi connectivity index (χ0) is 11.9. The van der Waals surface area contributed by atoms with Crippen LogP contribution in [-0.4, -0.2) is 40.0 Å². The molecule has 0 amide bonds. The van der Waals surface area contributed by atoms with Gasteiger partial charge in [-0.2, -0.15) is 4.74 Å². The second kappa shape index (κ2) is 3.46. The lowest BCUT2D eigenvalue weighted by atomic mass is 9.99.